The maximum absolute atomic E-state index is 11.1. The lowest BCUT2D eigenvalue weighted by Gasteiger charge is -2.22. The molecule has 1 atom stereocenters. The minimum absolute atomic E-state index is 0.0404. The van der Waals surface area contributed by atoms with E-state index in [-0.39, 0.29) is 12.0 Å². The lowest BCUT2D eigenvalue weighted by atomic mass is 9.89. The fourth-order valence-electron chi connectivity index (χ4n) is 1.14. The smallest absolute Gasteiger partial charge is 0.225 e. The van der Waals surface area contributed by atoms with Crippen molar-refractivity contribution in [2.24, 2.45) is 5.41 Å². The summed E-state index contributed by atoms with van der Waals surface area (Å²) in [5, 5.41) is 17.7. The van der Waals surface area contributed by atoms with E-state index in [2.05, 4.69) is 4.72 Å². The van der Waals surface area contributed by atoms with Gasteiger partial charge in [0.1, 0.15) is 0 Å². The highest BCUT2D eigenvalue weighted by Gasteiger charge is 2.18. The second kappa shape index (κ2) is 5.45. The predicted molar refractivity (Wildman–Crippen MR) is 57.5 cm³/mol. The third-order valence-corrected chi connectivity index (χ3v) is 2.76. The van der Waals surface area contributed by atoms with Gasteiger partial charge in [0.15, 0.2) is 5.75 Å². The molecule has 0 aliphatic carbocycles. The highest BCUT2D eigenvalue weighted by atomic mass is 32.2. The first kappa shape index (κ1) is 14.4. The van der Waals surface area contributed by atoms with Gasteiger partial charge >= 0.3 is 0 Å². The average molecular weight is 234 g/mol. The zero-order chi connectivity index (χ0) is 12.1. The molecule has 0 heterocycles. The number of rotatable bonds is 5. The topological polar surface area (TPSA) is 90.2 Å². The molecule has 0 saturated carbocycles. The van der Waals surface area contributed by atoms with Crippen LogP contribution in [0.5, 0.6) is 0 Å². The summed E-state index contributed by atoms with van der Waals surface area (Å²) >= 11 is 0. The van der Waals surface area contributed by atoms with E-state index < -0.39 is 21.9 Å². The number of nitriles is 1. The van der Waals surface area contributed by atoms with Gasteiger partial charge < -0.3 is 5.11 Å². The van der Waals surface area contributed by atoms with Crippen LogP contribution in [0.15, 0.2) is 0 Å². The van der Waals surface area contributed by atoms with Crippen LogP contribution in [0.4, 0.5) is 0 Å². The molecule has 2 N–H and O–H groups in total. The van der Waals surface area contributed by atoms with Crippen molar-refractivity contribution in [1.82, 2.24) is 4.72 Å². The lowest BCUT2D eigenvalue weighted by molar-refractivity contribution is 0.125. The van der Waals surface area contributed by atoms with Crippen LogP contribution in [0.3, 0.4) is 0 Å². The fraction of sp³-hybridized carbons (Fsp3) is 0.889. The lowest BCUT2D eigenvalue weighted by Crippen LogP contribution is -2.35. The highest BCUT2D eigenvalue weighted by Crippen LogP contribution is 2.20. The van der Waals surface area contributed by atoms with Crippen molar-refractivity contribution >= 4 is 10.0 Å². The van der Waals surface area contributed by atoms with Gasteiger partial charge in [0.25, 0.3) is 0 Å². The molecule has 0 amide bonds. The largest absolute Gasteiger partial charge is 0.392 e. The Labute approximate surface area is 91.2 Å². The summed E-state index contributed by atoms with van der Waals surface area (Å²) in [6.45, 7) is 5.83. The van der Waals surface area contributed by atoms with Gasteiger partial charge in [-0.3, -0.25) is 0 Å². The summed E-state index contributed by atoms with van der Waals surface area (Å²) in [7, 11) is -3.55. The Hall–Kier alpha value is -0.640. The van der Waals surface area contributed by atoms with Crippen molar-refractivity contribution in [2.75, 3.05) is 12.3 Å². The average Bonchev–Trinajstić information content (AvgIpc) is 1.98. The van der Waals surface area contributed by atoms with Crippen LogP contribution in [0, 0.1) is 16.7 Å². The van der Waals surface area contributed by atoms with Crippen LogP contribution in [-0.4, -0.2) is 31.9 Å². The number of aliphatic hydroxyl groups is 1. The number of nitrogens with one attached hydrogen (secondary N) is 1. The fourth-order valence-corrected chi connectivity index (χ4v) is 1.86. The maximum atomic E-state index is 11.1. The third-order valence-electron chi connectivity index (χ3n) is 1.64. The number of aliphatic hydroxyl groups excluding tert-OH is 1. The van der Waals surface area contributed by atoms with Crippen LogP contribution in [-0.2, 0) is 10.0 Å². The molecule has 0 saturated heterocycles. The summed E-state index contributed by atoms with van der Waals surface area (Å²) in [5.74, 6) is -0.574. The second-order valence-electron chi connectivity index (χ2n) is 4.68. The summed E-state index contributed by atoms with van der Waals surface area (Å²) in [4.78, 5) is 0. The first-order valence-corrected chi connectivity index (χ1v) is 6.34. The minimum atomic E-state index is -3.55. The molecule has 1 unspecified atom stereocenters. The molecule has 0 aliphatic rings. The maximum Gasteiger partial charge on any atom is 0.225 e. The molecule has 0 bridgehead atoms. The van der Waals surface area contributed by atoms with E-state index in [0.717, 1.165) is 0 Å². The van der Waals surface area contributed by atoms with Crippen LogP contribution >= 0.6 is 0 Å². The van der Waals surface area contributed by atoms with Gasteiger partial charge in [0, 0.05) is 6.54 Å². The SMILES string of the molecule is CC(C)(C)CC(O)CNS(=O)(=O)CC#N. The Morgan fingerprint density at radius 3 is 2.40 bits per heavy atom. The summed E-state index contributed by atoms with van der Waals surface area (Å²) < 4.78 is 24.3. The van der Waals surface area contributed by atoms with Crippen molar-refractivity contribution in [3.63, 3.8) is 0 Å². The van der Waals surface area contributed by atoms with Gasteiger partial charge in [0.05, 0.1) is 12.2 Å². The summed E-state index contributed by atoms with van der Waals surface area (Å²) in [6, 6.07) is 1.55. The molecule has 0 spiro atoms. The van der Waals surface area contributed by atoms with Gasteiger partial charge in [-0.25, -0.2) is 13.1 Å². The normalized spacial score (nSPS) is 14.6. The van der Waals surface area contributed by atoms with Gasteiger partial charge in [-0.15, -0.1) is 0 Å². The van der Waals surface area contributed by atoms with Gasteiger partial charge in [-0.1, -0.05) is 20.8 Å². The Bertz CT molecular complexity index is 324. The molecule has 0 aromatic heterocycles. The summed E-state index contributed by atoms with van der Waals surface area (Å²) in [5.41, 5.74) is -0.0555. The summed E-state index contributed by atoms with van der Waals surface area (Å²) in [6.07, 6.45) is -0.222. The molecular formula is C9H18N2O3S. The molecule has 0 radical (unpaired) electrons. The Balaban J connectivity index is 4.03. The quantitative estimate of drug-likeness (QED) is 0.712. The highest BCUT2D eigenvalue weighted by molar-refractivity contribution is 7.89. The van der Waals surface area contributed by atoms with Crippen molar-refractivity contribution in [3.8, 4) is 6.07 Å². The van der Waals surface area contributed by atoms with Crippen molar-refractivity contribution in [1.29, 1.82) is 5.26 Å². The van der Waals surface area contributed by atoms with E-state index in [0.29, 0.717) is 6.42 Å². The number of sulfonamides is 1. The van der Waals surface area contributed by atoms with E-state index in [9.17, 15) is 13.5 Å². The van der Waals surface area contributed by atoms with Crippen LogP contribution in [0.25, 0.3) is 0 Å². The van der Waals surface area contributed by atoms with Crippen LogP contribution in [0.2, 0.25) is 0 Å². The molecule has 0 aromatic carbocycles. The van der Waals surface area contributed by atoms with Crippen molar-refractivity contribution < 1.29 is 13.5 Å². The van der Waals surface area contributed by atoms with Crippen molar-refractivity contribution in [2.45, 2.75) is 33.3 Å². The molecule has 0 aliphatic heterocycles. The molecule has 0 fully saturated rings. The third kappa shape index (κ3) is 8.36. The Kier molecular flexibility index (Phi) is 5.21. The minimum Gasteiger partial charge on any atom is -0.392 e. The first-order valence-electron chi connectivity index (χ1n) is 4.69. The van der Waals surface area contributed by atoms with E-state index in [4.69, 9.17) is 5.26 Å². The number of hydrogen-bond acceptors (Lipinski definition) is 4. The Morgan fingerprint density at radius 2 is 2.00 bits per heavy atom. The molecule has 15 heavy (non-hydrogen) atoms. The van der Waals surface area contributed by atoms with E-state index in [1.807, 2.05) is 20.8 Å². The van der Waals surface area contributed by atoms with Gasteiger partial charge in [-0.2, -0.15) is 5.26 Å². The molecule has 88 valence electrons. The van der Waals surface area contributed by atoms with Crippen LogP contribution < -0.4 is 4.72 Å². The first-order chi connectivity index (χ1) is 6.66. The standard InChI is InChI=1S/C9H18N2O3S/c1-9(2,3)6-8(12)7-11-15(13,14)5-4-10/h8,11-12H,5-7H2,1-3H3. The molecule has 0 rings (SSSR count). The molecule has 5 nitrogen and oxygen atoms in total. The number of nitrogens with zero attached hydrogens (tertiary/aromatic N) is 1. The molecule has 0 aromatic rings. The van der Waals surface area contributed by atoms with Crippen LogP contribution in [0.1, 0.15) is 27.2 Å². The van der Waals surface area contributed by atoms with E-state index in [1.165, 1.54) is 0 Å². The second-order valence-corrected chi connectivity index (χ2v) is 6.49. The Morgan fingerprint density at radius 1 is 1.47 bits per heavy atom. The molecule has 6 heteroatoms. The predicted octanol–water partition coefficient (Wildman–Crippen LogP) is 0.226. The van der Waals surface area contributed by atoms with Gasteiger partial charge in [-0.05, 0) is 11.8 Å². The van der Waals surface area contributed by atoms with E-state index in [1.54, 1.807) is 6.07 Å². The zero-order valence-electron chi connectivity index (χ0n) is 9.32. The molecular weight excluding hydrogens is 216 g/mol. The monoisotopic (exact) mass is 234 g/mol. The van der Waals surface area contributed by atoms with Gasteiger partial charge in [0.2, 0.25) is 10.0 Å². The van der Waals surface area contributed by atoms with Crippen molar-refractivity contribution in [3.05, 3.63) is 0 Å². The number of hydrogen-bond donors (Lipinski definition) is 2. The van der Waals surface area contributed by atoms with E-state index >= 15 is 0 Å². The zero-order valence-corrected chi connectivity index (χ0v) is 10.1.